The lowest BCUT2D eigenvalue weighted by Crippen LogP contribution is -2.52. The van der Waals surface area contributed by atoms with E-state index in [1.807, 2.05) is 19.3 Å². The van der Waals surface area contributed by atoms with Crippen LogP contribution in [0.3, 0.4) is 0 Å². The summed E-state index contributed by atoms with van der Waals surface area (Å²) in [5, 5.41) is 7.17. The van der Waals surface area contributed by atoms with Crippen molar-refractivity contribution in [2.24, 2.45) is 12.8 Å². The number of nitrogens with two attached hydrogens (primary N) is 1. The van der Waals surface area contributed by atoms with Crippen molar-refractivity contribution < 1.29 is 4.79 Å². The summed E-state index contributed by atoms with van der Waals surface area (Å²) in [5.41, 5.74) is 6.42. The van der Waals surface area contributed by atoms with Crippen LogP contribution in [0.1, 0.15) is 31.4 Å². The molecule has 5 heteroatoms. The van der Waals surface area contributed by atoms with Crippen LogP contribution in [0, 0.1) is 0 Å². The molecule has 17 heavy (non-hydrogen) atoms. The fourth-order valence-corrected chi connectivity index (χ4v) is 2.31. The molecule has 1 fully saturated rings. The summed E-state index contributed by atoms with van der Waals surface area (Å²) >= 11 is 0. The van der Waals surface area contributed by atoms with E-state index in [1.165, 1.54) is 0 Å². The molecule has 94 valence electrons. The van der Waals surface area contributed by atoms with Gasteiger partial charge in [-0.05, 0) is 18.9 Å². The molecule has 5 nitrogen and oxygen atoms in total. The van der Waals surface area contributed by atoms with Gasteiger partial charge in [0.2, 0.25) is 5.91 Å². The van der Waals surface area contributed by atoms with Gasteiger partial charge in [0, 0.05) is 26.2 Å². The van der Waals surface area contributed by atoms with Gasteiger partial charge in [-0.1, -0.05) is 12.8 Å². The smallest absolute Gasteiger partial charge is 0.240 e. The fraction of sp³-hybridized carbons (Fsp3) is 0.667. The number of nitrogens with one attached hydrogen (secondary N) is 1. The summed E-state index contributed by atoms with van der Waals surface area (Å²) in [4.78, 5) is 11.9. The summed E-state index contributed by atoms with van der Waals surface area (Å²) in [5.74, 6) is -0.00840. The number of aromatic nitrogens is 2. The Morgan fingerprint density at radius 3 is 2.88 bits per heavy atom. The first-order valence-corrected chi connectivity index (χ1v) is 6.16. The molecule has 0 saturated heterocycles. The van der Waals surface area contributed by atoms with Gasteiger partial charge < -0.3 is 11.1 Å². The lowest BCUT2D eigenvalue weighted by atomic mass is 9.98. The second kappa shape index (κ2) is 4.87. The Morgan fingerprint density at radius 1 is 1.59 bits per heavy atom. The third-order valence-electron chi connectivity index (χ3n) is 3.38. The molecule has 0 atom stereocenters. The highest BCUT2D eigenvalue weighted by molar-refractivity contribution is 5.86. The Morgan fingerprint density at radius 2 is 2.29 bits per heavy atom. The zero-order valence-corrected chi connectivity index (χ0v) is 10.3. The predicted molar refractivity (Wildman–Crippen MR) is 65.3 cm³/mol. The first kappa shape index (κ1) is 12.1. The molecule has 0 spiro atoms. The van der Waals surface area contributed by atoms with E-state index in [1.54, 1.807) is 4.68 Å². The molecule has 2 rings (SSSR count). The first-order valence-electron chi connectivity index (χ1n) is 6.16. The molecule has 1 heterocycles. The SMILES string of the molecule is Cn1ccc(CCNC(=O)C2(N)CCCC2)n1. The van der Waals surface area contributed by atoms with Crippen LogP contribution in [0.5, 0.6) is 0 Å². The number of rotatable bonds is 4. The van der Waals surface area contributed by atoms with E-state index in [0.717, 1.165) is 37.8 Å². The highest BCUT2D eigenvalue weighted by atomic mass is 16.2. The molecular weight excluding hydrogens is 216 g/mol. The maximum atomic E-state index is 11.9. The van der Waals surface area contributed by atoms with Gasteiger partial charge in [0.05, 0.1) is 11.2 Å². The molecule has 1 aliphatic carbocycles. The van der Waals surface area contributed by atoms with Crippen molar-refractivity contribution in [3.05, 3.63) is 18.0 Å². The molecule has 1 aromatic rings. The second-order valence-electron chi connectivity index (χ2n) is 4.85. The zero-order valence-electron chi connectivity index (χ0n) is 10.3. The number of carbonyl (C=O) groups excluding carboxylic acids is 1. The van der Waals surface area contributed by atoms with Gasteiger partial charge in [-0.15, -0.1) is 0 Å². The lowest BCUT2D eigenvalue weighted by Gasteiger charge is -2.22. The highest BCUT2D eigenvalue weighted by Gasteiger charge is 2.36. The average molecular weight is 236 g/mol. The van der Waals surface area contributed by atoms with Crippen molar-refractivity contribution in [1.29, 1.82) is 0 Å². The number of aryl methyl sites for hydroxylation is 1. The molecule has 1 saturated carbocycles. The Labute approximate surface area is 101 Å². The molecule has 1 aromatic heterocycles. The monoisotopic (exact) mass is 236 g/mol. The third kappa shape index (κ3) is 2.85. The molecule has 3 N–H and O–H groups in total. The average Bonchev–Trinajstić information content (AvgIpc) is 2.89. The van der Waals surface area contributed by atoms with Gasteiger partial charge >= 0.3 is 0 Å². The molecule has 0 bridgehead atoms. The Balaban J connectivity index is 1.77. The van der Waals surface area contributed by atoms with E-state index in [4.69, 9.17) is 5.73 Å². The standard InChI is InChI=1S/C12H20N4O/c1-16-9-5-10(15-16)4-8-14-11(17)12(13)6-2-3-7-12/h5,9H,2-4,6-8,13H2,1H3,(H,14,17). The van der Waals surface area contributed by atoms with Crippen LogP contribution in [0.4, 0.5) is 0 Å². The molecule has 0 aliphatic heterocycles. The topological polar surface area (TPSA) is 72.9 Å². The van der Waals surface area contributed by atoms with E-state index in [-0.39, 0.29) is 5.91 Å². The quantitative estimate of drug-likeness (QED) is 0.792. The van der Waals surface area contributed by atoms with Crippen LogP contribution in [0.15, 0.2) is 12.3 Å². The molecule has 0 aromatic carbocycles. The minimum atomic E-state index is -0.621. The second-order valence-corrected chi connectivity index (χ2v) is 4.85. The lowest BCUT2D eigenvalue weighted by molar-refractivity contribution is -0.126. The highest BCUT2D eigenvalue weighted by Crippen LogP contribution is 2.27. The van der Waals surface area contributed by atoms with Crippen LogP contribution in [-0.2, 0) is 18.3 Å². The number of amides is 1. The first-order chi connectivity index (χ1) is 8.10. The third-order valence-corrected chi connectivity index (χ3v) is 3.38. The summed E-state index contributed by atoms with van der Waals surface area (Å²) < 4.78 is 1.76. The normalized spacial score (nSPS) is 18.2. The Bertz CT molecular complexity index is 393. The van der Waals surface area contributed by atoms with Gasteiger partial charge in [-0.2, -0.15) is 5.10 Å². The maximum Gasteiger partial charge on any atom is 0.240 e. The summed E-state index contributed by atoms with van der Waals surface area (Å²) in [6, 6.07) is 1.96. The Kier molecular flexibility index (Phi) is 3.47. The fourth-order valence-electron chi connectivity index (χ4n) is 2.31. The van der Waals surface area contributed by atoms with Crippen LogP contribution in [-0.4, -0.2) is 27.8 Å². The minimum Gasteiger partial charge on any atom is -0.354 e. The van der Waals surface area contributed by atoms with Crippen molar-refractivity contribution in [1.82, 2.24) is 15.1 Å². The van der Waals surface area contributed by atoms with E-state index in [2.05, 4.69) is 10.4 Å². The van der Waals surface area contributed by atoms with E-state index in [0.29, 0.717) is 6.54 Å². The van der Waals surface area contributed by atoms with E-state index < -0.39 is 5.54 Å². The summed E-state index contributed by atoms with van der Waals surface area (Å²) in [6.45, 7) is 0.606. The van der Waals surface area contributed by atoms with Crippen molar-refractivity contribution in [2.75, 3.05) is 6.54 Å². The van der Waals surface area contributed by atoms with Crippen molar-refractivity contribution in [3.63, 3.8) is 0 Å². The van der Waals surface area contributed by atoms with Crippen LogP contribution in [0.25, 0.3) is 0 Å². The molecule has 1 amide bonds. The van der Waals surface area contributed by atoms with Gasteiger partial charge in [-0.25, -0.2) is 0 Å². The van der Waals surface area contributed by atoms with Crippen molar-refractivity contribution >= 4 is 5.91 Å². The van der Waals surface area contributed by atoms with Crippen LogP contribution < -0.4 is 11.1 Å². The van der Waals surface area contributed by atoms with Crippen LogP contribution in [0.2, 0.25) is 0 Å². The van der Waals surface area contributed by atoms with Gasteiger partial charge in [0.1, 0.15) is 0 Å². The molecule has 0 radical (unpaired) electrons. The summed E-state index contributed by atoms with van der Waals surface area (Å²) in [7, 11) is 1.88. The van der Waals surface area contributed by atoms with Gasteiger partial charge in [0.15, 0.2) is 0 Å². The predicted octanol–water partition coefficient (Wildman–Crippen LogP) is 0.350. The molecule has 1 aliphatic rings. The largest absolute Gasteiger partial charge is 0.354 e. The van der Waals surface area contributed by atoms with Crippen molar-refractivity contribution in [2.45, 2.75) is 37.6 Å². The van der Waals surface area contributed by atoms with E-state index in [9.17, 15) is 4.79 Å². The van der Waals surface area contributed by atoms with Crippen LogP contribution >= 0.6 is 0 Å². The minimum absolute atomic E-state index is 0.00840. The number of carbonyl (C=O) groups is 1. The molecule has 0 unspecified atom stereocenters. The summed E-state index contributed by atoms with van der Waals surface area (Å²) in [6.07, 6.45) is 6.39. The number of hydrogen-bond donors (Lipinski definition) is 2. The Hall–Kier alpha value is -1.36. The number of nitrogens with zero attached hydrogens (tertiary/aromatic N) is 2. The van der Waals surface area contributed by atoms with E-state index >= 15 is 0 Å². The number of hydrogen-bond acceptors (Lipinski definition) is 3. The van der Waals surface area contributed by atoms with Gasteiger partial charge in [0.25, 0.3) is 0 Å². The van der Waals surface area contributed by atoms with Gasteiger partial charge in [-0.3, -0.25) is 9.48 Å². The van der Waals surface area contributed by atoms with Crippen molar-refractivity contribution in [3.8, 4) is 0 Å². The molecular formula is C12H20N4O. The maximum absolute atomic E-state index is 11.9. The zero-order chi connectivity index (χ0) is 12.3.